The summed E-state index contributed by atoms with van der Waals surface area (Å²) in [4.78, 5) is 13.3. The SMILES string of the molecule is CCC(=O)N1CC(O)CCC1(C)C. The Morgan fingerprint density at radius 2 is 2.23 bits per heavy atom. The highest BCUT2D eigenvalue weighted by Gasteiger charge is 2.35. The van der Waals surface area contributed by atoms with E-state index < -0.39 is 0 Å². The molecule has 0 aromatic heterocycles. The quantitative estimate of drug-likeness (QED) is 0.666. The predicted molar refractivity (Wildman–Crippen MR) is 51.3 cm³/mol. The Bertz CT molecular complexity index is 201. The molecule has 1 amide bonds. The lowest BCUT2D eigenvalue weighted by Gasteiger charge is -2.44. The van der Waals surface area contributed by atoms with Crippen molar-refractivity contribution in [2.75, 3.05) is 6.54 Å². The van der Waals surface area contributed by atoms with Gasteiger partial charge in [-0.1, -0.05) is 6.92 Å². The Kier molecular flexibility index (Phi) is 2.96. The first-order valence-corrected chi connectivity index (χ1v) is 4.96. The van der Waals surface area contributed by atoms with Crippen LogP contribution in [0.1, 0.15) is 40.0 Å². The van der Waals surface area contributed by atoms with Gasteiger partial charge in [-0.3, -0.25) is 4.79 Å². The minimum absolute atomic E-state index is 0.0771. The summed E-state index contributed by atoms with van der Waals surface area (Å²) in [5.74, 6) is 0.142. The van der Waals surface area contributed by atoms with Crippen LogP contribution in [0.2, 0.25) is 0 Å². The largest absolute Gasteiger partial charge is 0.391 e. The van der Waals surface area contributed by atoms with Crippen LogP contribution in [0.4, 0.5) is 0 Å². The predicted octanol–water partition coefficient (Wildman–Crippen LogP) is 1.16. The molecular weight excluding hydrogens is 166 g/mol. The van der Waals surface area contributed by atoms with Gasteiger partial charge in [0.15, 0.2) is 0 Å². The van der Waals surface area contributed by atoms with E-state index in [2.05, 4.69) is 13.8 Å². The van der Waals surface area contributed by atoms with Crippen molar-refractivity contribution in [2.24, 2.45) is 0 Å². The molecule has 1 aliphatic rings. The van der Waals surface area contributed by atoms with Crippen LogP contribution >= 0.6 is 0 Å². The number of hydrogen-bond donors (Lipinski definition) is 1. The van der Waals surface area contributed by atoms with E-state index in [1.807, 2.05) is 6.92 Å². The van der Waals surface area contributed by atoms with Crippen LogP contribution in [0, 0.1) is 0 Å². The fourth-order valence-corrected chi connectivity index (χ4v) is 1.83. The third-order valence-electron chi connectivity index (χ3n) is 2.82. The van der Waals surface area contributed by atoms with Crippen molar-refractivity contribution in [1.29, 1.82) is 0 Å². The van der Waals surface area contributed by atoms with Crippen LogP contribution in [-0.4, -0.2) is 34.1 Å². The first-order valence-electron chi connectivity index (χ1n) is 4.96. The molecule has 1 N–H and O–H groups in total. The molecule has 1 atom stereocenters. The minimum Gasteiger partial charge on any atom is -0.391 e. The van der Waals surface area contributed by atoms with Gasteiger partial charge in [-0.15, -0.1) is 0 Å². The summed E-state index contributed by atoms with van der Waals surface area (Å²) < 4.78 is 0. The van der Waals surface area contributed by atoms with Gasteiger partial charge < -0.3 is 10.0 Å². The third-order valence-corrected chi connectivity index (χ3v) is 2.82. The lowest BCUT2D eigenvalue weighted by molar-refractivity contribution is -0.141. The number of rotatable bonds is 1. The van der Waals surface area contributed by atoms with Gasteiger partial charge in [0.1, 0.15) is 0 Å². The highest BCUT2D eigenvalue weighted by atomic mass is 16.3. The number of carbonyl (C=O) groups excluding carboxylic acids is 1. The summed E-state index contributed by atoms with van der Waals surface area (Å²) in [5, 5.41) is 9.46. The molecule has 0 radical (unpaired) electrons. The molecule has 1 saturated heterocycles. The van der Waals surface area contributed by atoms with Crippen molar-refractivity contribution < 1.29 is 9.90 Å². The molecule has 0 aromatic rings. The Morgan fingerprint density at radius 1 is 1.62 bits per heavy atom. The van der Waals surface area contributed by atoms with Crippen molar-refractivity contribution in [2.45, 2.75) is 51.7 Å². The monoisotopic (exact) mass is 185 g/mol. The van der Waals surface area contributed by atoms with E-state index in [0.29, 0.717) is 13.0 Å². The standard InChI is InChI=1S/C10H19NO2/c1-4-9(13)11-7-8(12)5-6-10(11,2)3/h8,12H,4-7H2,1-3H3. The maximum Gasteiger partial charge on any atom is 0.222 e. The van der Waals surface area contributed by atoms with Gasteiger partial charge in [-0.25, -0.2) is 0 Å². The van der Waals surface area contributed by atoms with E-state index in [-0.39, 0.29) is 17.6 Å². The van der Waals surface area contributed by atoms with Crippen molar-refractivity contribution in [3.8, 4) is 0 Å². The Balaban J connectivity index is 2.72. The Labute approximate surface area is 79.7 Å². The van der Waals surface area contributed by atoms with Gasteiger partial charge in [-0.05, 0) is 26.7 Å². The zero-order valence-electron chi connectivity index (χ0n) is 8.71. The second-order valence-corrected chi connectivity index (χ2v) is 4.36. The molecule has 0 aromatic carbocycles. The molecule has 0 spiro atoms. The highest BCUT2D eigenvalue weighted by Crippen LogP contribution is 2.27. The number of β-amino-alcohol motifs (C(OH)–C–C–N with tert-alkyl or cyclic N) is 1. The molecule has 1 aliphatic heterocycles. The summed E-state index contributed by atoms with van der Waals surface area (Å²) in [7, 11) is 0. The molecule has 13 heavy (non-hydrogen) atoms. The van der Waals surface area contributed by atoms with Gasteiger partial charge in [0.05, 0.1) is 6.10 Å². The summed E-state index contributed by atoms with van der Waals surface area (Å²) in [6.45, 7) is 6.48. The first-order chi connectivity index (χ1) is 5.97. The van der Waals surface area contributed by atoms with E-state index in [0.717, 1.165) is 12.8 Å². The van der Waals surface area contributed by atoms with Crippen molar-refractivity contribution in [3.05, 3.63) is 0 Å². The number of likely N-dealkylation sites (tertiary alicyclic amines) is 1. The fraction of sp³-hybridized carbons (Fsp3) is 0.900. The second kappa shape index (κ2) is 3.66. The third kappa shape index (κ3) is 2.21. The number of nitrogens with zero attached hydrogens (tertiary/aromatic N) is 1. The van der Waals surface area contributed by atoms with Gasteiger partial charge >= 0.3 is 0 Å². The lowest BCUT2D eigenvalue weighted by Crippen LogP contribution is -2.54. The van der Waals surface area contributed by atoms with Crippen LogP contribution < -0.4 is 0 Å². The second-order valence-electron chi connectivity index (χ2n) is 4.36. The topological polar surface area (TPSA) is 40.5 Å². The van der Waals surface area contributed by atoms with Crippen LogP contribution in [-0.2, 0) is 4.79 Å². The van der Waals surface area contributed by atoms with Crippen LogP contribution in [0.5, 0.6) is 0 Å². The first kappa shape index (κ1) is 10.5. The highest BCUT2D eigenvalue weighted by molar-refractivity contribution is 5.76. The molecule has 1 unspecified atom stereocenters. The molecule has 0 bridgehead atoms. The number of hydrogen-bond acceptors (Lipinski definition) is 2. The van der Waals surface area contributed by atoms with Gasteiger partial charge in [0.2, 0.25) is 5.91 Å². The number of amides is 1. The lowest BCUT2D eigenvalue weighted by atomic mass is 9.89. The molecular formula is C10H19NO2. The minimum atomic E-state index is -0.330. The van der Waals surface area contributed by atoms with Crippen LogP contribution in [0.25, 0.3) is 0 Å². The summed E-state index contributed by atoms with van der Waals surface area (Å²) in [5.41, 5.74) is -0.0771. The summed E-state index contributed by atoms with van der Waals surface area (Å²) >= 11 is 0. The van der Waals surface area contributed by atoms with Gasteiger partial charge in [0, 0.05) is 18.5 Å². The summed E-state index contributed by atoms with van der Waals surface area (Å²) in [6, 6.07) is 0. The maximum absolute atomic E-state index is 11.5. The average Bonchev–Trinajstić information content (AvgIpc) is 2.08. The number of aliphatic hydroxyl groups excluding tert-OH is 1. The average molecular weight is 185 g/mol. The van der Waals surface area contributed by atoms with Crippen LogP contribution in [0.15, 0.2) is 0 Å². The number of aliphatic hydroxyl groups is 1. The Hall–Kier alpha value is -0.570. The van der Waals surface area contributed by atoms with E-state index in [1.165, 1.54) is 0 Å². The summed E-state index contributed by atoms with van der Waals surface area (Å²) in [6.07, 6.45) is 1.89. The van der Waals surface area contributed by atoms with E-state index in [9.17, 15) is 9.90 Å². The van der Waals surface area contributed by atoms with Crippen molar-refractivity contribution in [1.82, 2.24) is 4.90 Å². The zero-order chi connectivity index (χ0) is 10.1. The fourth-order valence-electron chi connectivity index (χ4n) is 1.83. The van der Waals surface area contributed by atoms with E-state index >= 15 is 0 Å². The molecule has 3 heteroatoms. The zero-order valence-corrected chi connectivity index (χ0v) is 8.71. The van der Waals surface area contributed by atoms with E-state index in [1.54, 1.807) is 4.90 Å². The normalized spacial score (nSPS) is 27.4. The van der Waals surface area contributed by atoms with Crippen molar-refractivity contribution >= 4 is 5.91 Å². The van der Waals surface area contributed by atoms with E-state index in [4.69, 9.17) is 0 Å². The van der Waals surface area contributed by atoms with Gasteiger partial charge in [-0.2, -0.15) is 0 Å². The molecule has 0 saturated carbocycles. The molecule has 1 heterocycles. The Morgan fingerprint density at radius 3 is 2.77 bits per heavy atom. The van der Waals surface area contributed by atoms with Crippen molar-refractivity contribution in [3.63, 3.8) is 0 Å². The smallest absolute Gasteiger partial charge is 0.222 e. The molecule has 1 fully saturated rings. The molecule has 0 aliphatic carbocycles. The number of carbonyl (C=O) groups is 1. The molecule has 3 nitrogen and oxygen atoms in total. The molecule has 1 rings (SSSR count). The molecule has 76 valence electrons. The van der Waals surface area contributed by atoms with Gasteiger partial charge in [0.25, 0.3) is 0 Å². The van der Waals surface area contributed by atoms with Crippen LogP contribution in [0.3, 0.4) is 0 Å². The maximum atomic E-state index is 11.5. The number of piperidine rings is 1.